The van der Waals surface area contributed by atoms with Crippen LogP contribution in [0.2, 0.25) is 0 Å². The molecule has 146 valence electrons. The predicted octanol–water partition coefficient (Wildman–Crippen LogP) is 1.27. The summed E-state index contributed by atoms with van der Waals surface area (Å²) in [5.41, 5.74) is 2.97. The standard InChI is InChI=1S/C18H17N9O2/c1-12-7-8-16(29-2)14(9-12)20-17(28)10-27-22-18(21-24-27)13-5-3-4-6-15(13)26-11-19-23-25-26/h3-9,11H,10H2,1-2H3,(H,20,28). The summed E-state index contributed by atoms with van der Waals surface area (Å²) in [6.07, 6.45) is 1.48. The van der Waals surface area contributed by atoms with E-state index in [1.54, 1.807) is 13.2 Å². The number of para-hydroxylation sites is 1. The molecule has 0 fully saturated rings. The molecule has 0 atom stereocenters. The van der Waals surface area contributed by atoms with E-state index < -0.39 is 0 Å². The Morgan fingerprint density at radius 3 is 2.83 bits per heavy atom. The Morgan fingerprint density at radius 2 is 2.03 bits per heavy atom. The molecule has 1 N–H and O–H groups in total. The van der Waals surface area contributed by atoms with E-state index in [-0.39, 0.29) is 12.5 Å². The van der Waals surface area contributed by atoms with Crippen LogP contribution in [-0.4, -0.2) is 53.4 Å². The maximum atomic E-state index is 12.4. The summed E-state index contributed by atoms with van der Waals surface area (Å²) in [5, 5.41) is 26.3. The number of amides is 1. The van der Waals surface area contributed by atoms with Crippen molar-refractivity contribution in [3.8, 4) is 22.8 Å². The third-order valence-electron chi connectivity index (χ3n) is 4.11. The van der Waals surface area contributed by atoms with Crippen LogP contribution >= 0.6 is 0 Å². The van der Waals surface area contributed by atoms with Gasteiger partial charge in [-0.25, -0.2) is 0 Å². The molecular weight excluding hydrogens is 374 g/mol. The van der Waals surface area contributed by atoms with Gasteiger partial charge in [0.2, 0.25) is 11.7 Å². The number of methoxy groups -OCH3 is 1. The van der Waals surface area contributed by atoms with Crippen molar-refractivity contribution < 1.29 is 9.53 Å². The maximum Gasteiger partial charge on any atom is 0.248 e. The maximum absolute atomic E-state index is 12.4. The van der Waals surface area contributed by atoms with E-state index >= 15 is 0 Å². The third-order valence-corrected chi connectivity index (χ3v) is 4.11. The van der Waals surface area contributed by atoms with Gasteiger partial charge in [0, 0.05) is 5.56 Å². The van der Waals surface area contributed by atoms with Crippen molar-refractivity contribution in [1.82, 2.24) is 40.4 Å². The van der Waals surface area contributed by atoms with Gasteiger partial charge >= 0.3 is 0 Å². The number of anilines is 1. The lowest BCUT2D eigenvalue weighted by atomic mass is 10.1. The summed E-state index contributed by atoms with van der Waals surface area (Å²) < 4.78 is 6.79. The number of carbonyl (C=O) groups excluding carboxylic acids is 1. The highest BCUT2D eigenvalue weighted by molar-refractivity contribution is 5.92. The molecule has 29 heavy (non-hydrogen) atoms. The molecule has 0 unspecified atom stereocenters. The van der Waals surface area contributed by atoms with Gasteiger partial charge in [-0.3, -0.25) is 4.79 Å². The average molecular weight is 391 g/mol. The second-order valence-electron chi connectivity index (χ2n) is 6.17. The zero-order valence-electron chi connectivity index (χ0n) is 15.7. The lowest BCUT2D eigenvalue weighted by Crippen LogP contribution is -2.20. The van der Waals surface area contributed by atoms with Crippen LogP contribution in [0.1, 0.15) is 5.56 Å². The van der Waals surface area contributed by atoms with Crippen LogP contribution in [0.3, 0.4) is 0 Å². The molecule has 0 aliphatic heterocycles. The molecule has 0 aliphatic rings. The van der Waals surface area contributed by atoms with E-state index in [0.717, 1.165) is 5.56 Å². The minimum Gasteiger partial charge on any atom is -0.495 e. The Morgan fingerprint density at radius 1 is 1.17 bits per heavy atom. The molecule has 0 bridgehead atoms. The van der Waals surface area contributed by atoms with Gasteiger partial charge in [-0.15, -0.1) is 15.3 Å². The van der Waals surface area contributed by atoms with Crippen LogP contribution in [0.15, 0.2) is 48.8 Å². The van der Waals surface area contributed by atoms with Gasteiger partial charge in [-0.1, -0.05) is 18.2 Å². The minimum atomic E-state index is -0.299. The molecule has 4 rings (SSSR count). The molecule has 0 aliphatic carbocycles. The molecule has 4 aromatic rings. The van der Waals surface area contributed by atoms with Crippen molar-refractivity contribution in [2.24, 2.45) is 0 Å². The first-order valence-corrected chi connectivity index (χ1v) is 8.69. The van der Waals surface area contributed by atoms with E-state index in [9.17, 15) is 4.79 Å². The van der Waals surface area contributed by atoms with Crippen molar-refractivity contribution in [2.45, 2.75) is 13.5 Å². The quantitative estimate of drug-likeness (QED) is 0.521. The fraction of sp³-hybridized carbons (Fsp3) is 0.167. The summed E-state index contributed by atoms with van der Waals surface area (Å²) in [5.74, 6) is 0.634. The largest absolute Gasteiger partial charge is 0.495 e. The van der Waals surface area contributed by atoms with E-state index in [1.165, 1.54) is 15.8 Å². The zero-order chi connectivity index (χ0) is 20.2. The predicted molar refractivity (Wildman–Crippen MR) is 102 cm³/mol. The molecule has 0 spiro atoms. The molecule has 0 radical (unpaired) electrons. The van der Waals surface area contributed by atoms with Gasteiger partial charge in [0.1, 0.15) is 18.6 Å². The second kappa shape index (κ2) is 7.84. The molecular formula is C18H17N9O2. The molecule has 0 saturated heterocycles. The van der Waals surface area contributed by atoms with Gasteiger partial charge < -0.3 is 10.1 Å². The van der Waals surface area contributed by atoms with Crippen LogP contribution in [0.5, 0.6) is 5.75 Å². The molecule has 2 aromatic carbocycles. The summed E-state index contributed by atoms with van der Waals surface area (Å²) >= 11 is 0. The van der Waals surface area contributed by atoms with Gasteiger partial charge in [0.25, 0.3) is 0 Å². The Bertz CT molecular complexity index is 1140. The molecule has 0 saturated carbocycles. The Labute approximate surface area is 165 Å². The lowest BCUT2D eigenvalue weighted by molar-refractivity contribution is -0.117. The fourth-order valence-electron chi connectivity index (χ4n) is 2.79. The second-order valence-corrected chi connectivity index (χ2v) is 6.17. The number of hydrogen-bond donors (Lipinski definition) is 1. The summed E-state index contributed by atoms with van der Waals surface area (Å²) in [6.45, 7) is 1.83. The van der Waals surface area contributed by atoms with Crippen molar-refractivity contribution in [3.05, 3.63) is 54.4 Å². The van der Waals surface area contributed by atoms with Crippen LogP contribution in [0, 0.1) is 6.92 Å². The topological polar surface area (TPSA) is 126 Å². The lowest BCUT2D eigenvalue weighted by Gasteiger charge is -2.10. The Kier molecular flexibility index (Phi) is 4.93. The van der Waals surface area contributed by atoms with Crippen molar-refractivity contribution >= 4 is 11.6 Å². The highest BCUT2D eigenvalue weighted by Crippen LogP contribution is 2.25. The van der Waals surface area contributed by atoms with Crippen LogP contribution in [0.25, 0.3) is 17.1 Å². The number of tetrazole rings is 2. The van der Waals surface area contributed by atoms with E-state index in [2.05, 4.69) is 36.3 Å². The average Bonchev–Trinajstić information content (AvgIpc) is 3.40. The smallest absolute Gasteiger partial charge is 0.248 e. The van der Waals surface area contributed by atoms with Crippen molar-refractivity contribution in [1.29, 1.82) is 0 Å². The van der Waals surface area contributed by atoms with Gasteiger partial charge in [-0.05, 0) is 52.4 Å². The molecule has 1 amide bonds. The number of hydrogen-bond acceptors (Lipinski definition) is 8. The third kappa shape index (κ3) is 3.93. The number of ether oxygens (including phenoxy) is 1. The monoisotopic (exact) mass is 391 g/mol. The number of nitrogens with one attached hydrogen (secondary N) is 1. The summed E-state index contributed by atoms with van der Waals surface area (Å²) in [7, 11) is 1.55. The summed E-state index contributed by atoms with van der Waals surface area (Å²) in [6, 6.07) is 12.9. The normalized spacial score (nSPS) is 10.7. The minimum absolute atomic E-state index is 0.100. The highest BCUT2D eigenvalue weighted by atomic mass is 16.5. The van der Waals surface area contributed by atoms with Crippen molar-refractivity contribution in [3.63, 3.8) is 0 Å². The Hall–Kier alpha value is -4.15. The van der Waals surface area contributed by atoms with Crippen LogP contribution in [0.4, 0.5) is 5.69 Å². The van der Waals surface area contributed by atoms with Crippen LogP contribution in [-0.2, 0) is 11.3 Å². The highest BCUT2D eigenvalue weighted by Gasteiger charge is 2.15. The number of carbonyl (C=O) groups is 1. The number of aromatic nitrogens is 8. The summed E-state index contributed by atoms with van der Waals surface area (Å²) in [4.78, 5) is 13.7. The molecule has 11 heteroatoms. The van der Waals surface area contributed by atoms with E-state index in [0.29, 0.717) is 28.5 Å². The molecule has 2 heterocycles. The van der Waals surface area contributed by atoms with E-state index in [1.807, 2.05) is 43.3 Å². The molecule has 2 aromatic heterocycles. The number of rotatable bonds is 6. The number of aryl methyl sites for hydroxylation is 1. The first kappa shape index (κ1) is 18.2. The van der Waals surface area contributed by atoms with Gasteiger partial charge in [-0.2, -0.15) is 9.48 Å². The SMILES string of the molecule is COc1ccc(C)cc1NC(=O)Cn1nnc(-c2ccccc2-n2cnnn2)n1. The number of nitrogens with zero attached hydrogens (tertiary/aromatic N) is 8. The number of benzene rings is 2. The van der Waals surface area contributed by atoms with Gasteiger partial charge in [0.05, 0.1) is 18.5 Å². The van der Waals surface area contributed by atoms with Crippen LogP contribution < -0.4 is 10.1 Å². The fourth-order valence-corrected chi connectivity index (χ4v) is 2.79. The zero-order valence-corrected chi connectivity index (χ0v) is 15.7. The molecule has 11 nitrogen and oxygen atoms in total. The first-order chi connectivity index (χ1) is 14.1. The van der Waals surface area contributed by atoms with E-state index in [4.69, 9.17) is 4.74 Å². The first-order valence-electron chi connectivity index (χ1n) is 8.69. The van der Waals surface area contributed by atoms with Gasteiger partial charge in [0.15, 0.2) is 0 Å². The van der Waals surface area contributed by atoms with Crippen molar-refractivity contribution in [2.75, 3.05) is 12.4 Å². The Balaban J connectivity index is 1.52.